The molecule has 0 unspecified atom stereocenters. The molecule has 1 fully saturated rings. The van der Waals surface area contributed by atoms with Crippen molar-refractivity contribution in [1.29, 1.82) is 0 Å². The molecule has 0 aliphatic carbocycles. The molecule has 1 N–H and O–H groups in total. The Kier molecular flexibility index (Phi) is 5.56. The number of aryl methyl sites for hydroxylation is 3. The lowest BCUT2D eigenvalue weighted by molar-refractivity contribution is 0.0746. The Hall–Kier alpha value is -3.55. The molecule has 1 aliphatic heterocycles. The number of amides is 1. The molecule has 2 aromatic heterocycles. The SMILES string of the molecule is Cc1cc(N2CCN(C(=O)c3cccc(Nc4nc(C)cc(C)n4)c3)CC2)ncn1. The second-order valence-corrected chi connectivity index (χ2v) is 7.48. The summed E-state index contributed by atoms with van der Waals surface area (Å²) in [4.78, 5) is 34.4. The summed E-state index contributed by atoms with van der Waals surface area (Å²) in [6.07, 6.45) is 1.58. The maximum absolute atomic E-state index is 13.0. The van der Waals surface area contributed by atoms with Gasteiger partial charge in [-0.25, -0.2) is 19.9 Å². The molecule has 1 saturated heterocycles. The molecule has 0 radical (unpaired) electrons. The van der Waals surface area contributed by atoms with Gasteiger partial charge in [-0.15, -0.1) is 0 Å². The van der Waals surface area contributed by atoms with E-state index in [-0.39, 0.29) is 5.91 Å². The molecule has 4 rings (SSSR count). The summed E-state index contributed by atoms with van der Waals surface area (Å²) < 4.78 is 0. The third kappa shape index (κ3) is 4.53. The number of anilines is 3. The smallest absolute Gasteiger partial charge is 0.254 e. The van der Waals surface area contributed by atoms with Crippen LogP contribution in [0.5, 0.6) is 0 Å². The molecule has 1 aliphatic rings. The summed E-state index contributed by atoms with van der Waals surface area (Å²) in [6.45, 7) is 8.62. The fraction of sp³-hybridized carbons (Fsp3) is 0.318. The fourth-order valence-corrected chi connectivity index (χ4v) is 3.58. The average Bonchev–Trinajstić information content (AvgIpc) is 2.73. The van der Waals surface area contributed by atoms with Gasteiger partial charge in [0.2, 0.25) is 5.95 Å². The molecular formula is C22H25N7O. The molecule has 30 heavy (non-hydrogen) atoms. The average molecular weight is 403 g/mol. The maximum Gasteiger partial charge on any atom is 0.254 e. The summed E-state index contributed by atoms with van der Waals surface area (Å²) in [5.41, 5.74) is 4.18. The minimum absolute atomic E-state index is 0.0264. The molecule has 0 bridgehead atoms. The Morgan fingerprint density at radius 1 is 0.900 bits per heavy atom. The van der Waals surface area contributed by atoms with Crippen LogP contribution in [0.1, 0.15) is 27.4 Å². The summed E-state index contributed by atoms with van der Waals surface area (Å²) >= 11 is 0. The van der Waals surface area contributed by atoms with Crippen LogP contribution in [0.4, 0.5) is 17.5 Å². The molecule has 0 saturated carbocycles. The van der Waals surface area contributed by atoms with Gasteiger partial charge in [0.25, 0.3) is 5.91 Å². The van der Waals surface area contributed by atoms with Gasteiger partial charge in [-0.2, -0.15) is 0 Å². The largest absolute Gasteiger partial charge is 0.353 e. The van der Waals surface area contributed by atoms with E-state index < -0.39 is 0 Å². The Bertz CT molecular complexity index is 1040. The van der Waals surface area contributed by atoms with E-state index in [0.29, 0.717) is 24.6 Å². The highest BCUT2D eigenvalue weighted by atomic mass is 16.2. The van der Waals surface area contributed by atoms with Gasteiger partial charge in [-0.3, -0.25) is 4.79 Å². The third-order valence-corrected chi connectivity index (χ3v) is 5.03. The summed E-state index contributed by atoms with van der Waals surface area (Å²) in [6, 6.07) is 11.4. The number of hydrogen-bond donors (Lipinski definition) is 1. The molecule has 8 heteroatoms. The van der Waals surface area contributed by atoms with Crippen molar-refractivity contribution < 1.29 is 4.79 Å². The van der Waals surface area contributed by atoms with Gasteiger partial charge in [0, 0.05) is 60.6 Å². The van der Waals surface area contributed by atoms with Crippen molar-refractivity contribution in [3.63, 3.8) is 0 Å². The highest BCUT2D eigenvalue weighted by molar-refractivity contribution is 5.95. The lowest BCUT2D eigenvalue weighted by Crippen LogP contribution is -2.49. The molecule has 3 heterocycles. The quantitative estimate of drug-likeness (QED) is 0.717. The standard InChI is InChI=1S/C22H25N7O/c1-15-12-20(24-14-23-15)28-7-9-29(10-8-28)21(30)18-5-4-6-19(13-18)27-22-25-16(2)11-17(3)26-22/h4-6,11-14H,7-10H2,1-3H3,(H,25,26,27). The van der Waals surface area contributed by atoms with Gasteiger partial charge in [-0.1, -0.05) is 6.07 Å². The highest BCUT2D eigenvalue weighted by Crippen LogP contribution is 2.19. The van der Waals surface area contributed by atoms with Gasteiger partial charge in [0.1, 0.15) is 12.1 Å². The first kappa shape index (κ1) is 19.8. The number of rotatable bonds is 4. The molecule has 8 nitrogen and oxygen atoms in total. The maximum atomic E-state index is 13.0. The number of benzene rings is 1. The minimum atomic E-state index is 0.0264. The fourth-order valence-electron chi connectivity index (χ4n) is 3.58. The predicted octanol–water partition coefficient (Wildman–Crippen LogP) is 2.90. The zero-order valence-corrected chi connectivity index (χ0v) is 17.5. The number of nitrogens with zero attached hydrogens (tertiary/aromatic N) is 6. The van der Waals surface area contributed by atoms with Gasteiger partial charge in [0.05, 0.1) is 0 Å². The zero-order valence-electron chi connectivity index (χ0n) is 17.5. The normalized spacial score (nSPS) is 14.0. The van der Waals surface area contributed by atoms with Gasteiger partial charge in [-0.05, 0) is 45.0 Å². The number of piperazine rings is 1. The van der Waals surface area contributed by atoms with Crippen molar-refractivity contribution in [2.24, 2.45) is 0 Å². The molecular weight excluding hydrogens is 378 g/mol. The molecule has 0 atom stereocenters. The Morgan fingerprint density at radius 3 is 2.33 bits per heavy atom. The molecule has 3 aromatic rings. The van der Waals surface area contributed by atoms with Crippen molar-refractivity contribution in [3.05, 3.63) is 65.4 Å². The predicted molar refractivity (Wildman–Crippen MR) is 116 cm³/mol. The number of nitrogens with one attached hydrogen (secondary N) is 1. The third-order valence-electron chi connectivity index (χ3n) is 5.03. The topological polar surface area (TPSA) is 87.1 Å². The Balaban J connectivity index is 1.42. The second-order valence-electron chi connectivity index (χ2n) is 7.48. The van der Waals surface area contributed by atoms with E-state index >= 15 is 0 Å². The summed E-state index contributed by atoms with van der Waals surface area (Å²) in [5, 5.41) is 3.20. The van der Waals surface area contributed by atoms with Gasteiger partial charge >= 0.3 is 0 Å². The van der Waals surface area contributed by atoms with Crippen LogP contribution in [0.2, 0.25) is 0 Å². The summed E-state index contributed by atoms with van der Waals surface area (Å²) in [7, 11) is 0. The first-order valence-electron chi connectivity index (χ1n) is 10.0. The van der Waals surface area contributed by atoms with Crippen LogP contribution < -0.4 is 10.2 Å². The monoisotopic (exact) mass is 403 g/mol. The van der Waals surface area contributed by atoms with Crippen molar-refractivity contribution in [2.45, 2.75) is 20.8 Å². The van der Waals surface area contributed by atoms with E-state index in [4.69, 9.17) is 0 Å². The molecule has 1 aromatic carbocycles. The van der Waals surface area contributed by atoms with E-state index in [9.17, 15) is 4.79 Å². The number of carbonyl (C=O) groups excluding carboxylic acids is 1. The number of hydrogen-bond acceptors (Lipinski definition) is 7. The minimum Gasteiger partial charge on any atom is -0.353 e. The lowest BCUT2D eigenvalue weighted by atomic mass is 10.1. The van der Waals surface area contributed by atoms with Crippen molar-refractivity contribution in [3.8, 4) is 0 Å². The van der Waals surface area contributed by atoms with Crippen molar-refractivity contribution in [2.75, 3.05) is 36.4 Å². The summed E-state index contributed by atoms with van der Waals surface area (Å²) in [5.74, 6) is 1.47. The number of aromatic nitrogens is 4. The van der Waals surface area contributed by atoms with Crippen LogP contribution in [0.25, 0.3) is 0 Å². The second kappa shape index (κ2) is 8.44. The Labute approximate surface area is 176 Å². The van der Waals surface area contributed by atoms with Crippen LogP contribution in [0, 0.1) is 20.8 Å². The van der Waals surface area contributed by atoms with Crippen LogP contribution in [-0.4, -0.2) is 56.9 Å². The van der Waals surface area contributed by atoms with E-state index in [1.165, 1.54) is 0 Å². The zero-order chi connectivity index (χ0) is 21.1. The van der Waals surface area contributed by atoms with Gasteiger partial charge < -0.3 is 15.1 Å². The number of carbonyl (C=O) groups is 1. The van der Waals surface area contributed by atoms with Crippen molar-refractivity contribution >= 4 is 23.4 Å². The van der Waals surface area contributed by atoms with E-state index in [0.717, 1.165) is 41.7 Å². The van der Waals surface area contributed by atoms with E-state index in [2.05, 4.69) is 30.2 Å². The molecule has 1 amide bonds. The van der Waals surface area contributed by atoms with Crippen LogP contribution in [0.3, 0.4) is 0 Å². The first-order valence-corrected chi connectivity index (χ1v) is 10.0. The van der Waals surface area contributed by atoms with E-state index in [1.807, 2.05) is 62.1 Å². The molecule has 154 valence electrons. The van der Waals surface area contributed by atoms with Crippen LogP contribution in [-0.2, 0) is 0 Å². The van der Waals surface area contributed by atoms with Gasteiger partial charge in [0.15, 0.2) is 0 Å². The van der Waals surface area contributed by atoms with Crippen LogP contribution in [0.15, 0.2) is 42.7 Å². The van der Waals surface area contributed by atoms with E-state index in [1.54, 1.807) is 6.33 Å². The first-order chi connectivity index (χ1) is 14.5. The molecule has 0 spiro atoms. The highest BCUT2D eigenvalue weighted by Gasteiger charge is 2.23. The van der Waals surface area contributed by atoms with Crippen LogP contribution >= 0.6 is 0 Å². The Morgan fingerprint density at radius 2 is 1.63 bits per heavy atom. The lowest BCUT2D eigenvalue weighted by Gasteiger charge is -2.35. The van der Waals surface area contributed by atoms with Crippen molar-refractivity contribution in [1.82, 2.24) is 24.8 Å².